The third-order valence-corrected chi connectivity index (χ3v) is 6.06. The molecule has 0 heterocycles. The van der Waals surface area contributed by atoms with Crippen LogP contribution < -0.4 is 0 Å². The third-order valence-electron chi connectivity index (χ3n) is 6.06. The zero-order valence-corrected chi connectivity index (χ0v) is 18.3. The van der Waals surface area contributed by atoms with Crippen LogP contribution in [0, 0.1) is 16.7 Å². The highest BCUT2D eigenvalue weighted by Gasteiger charge is 2.55. The van der Waals surface area contributed by atoms with E-state index in [1.165, 1.54) is 21.3 Å². The van der Waals surface area contributed by atoms with E-state index in [-0.39, 0.29) is 24.2 Å². The summed E-state index contributed by atoms with van der Waals surface area (Å²) in [5, 5.41) is 0. The van der Waals surface area contributed by atoms with Gasteiger partial charge in [-0.3, -0.25) is 9.59 Å². The van der Waals surface area contributed by atoms with Crippen LogP contribution in [0.15, 0.2) is 41.5 Å². The first-order valence-corrected chi connectivity index (χ1v) is 9.89. The lowest BCUT2D eigenvalue weighted by atomic mass is 9.54. The van der Waals surface area contributed by atoms with E-state index in [9.17, 15) is 14.4 Å². The molecule has 1 aromatic carbocycles. The lowest BCUT2D eigenvalue weighted by molar-refractivity contribution is -0.169. The van der Waals surface area contributed by atoms with Gasteiger partial charge < -0.3 is 14.2 Å². The number of fused-ring (bicyclic) bond motifs is 1. The van der Waals surface area contributed by atoms with Crippen LogP contribution in [0.2, 0.25) is 0 Å². The monoisotopic (exact) mass is 412 g/mol. The van der Waals surface area contributed by atoms with E-state index in [1.54, 1.807) is 12.1 Å². The zero-order chi connectivity index (χ0) is 22.3. The normalized spacial score (nSPS) is 19.8. The van der Waals surface area contributed by atoms with Crippen LogP contribution in [0.5, 0.6) is 0 Å². The Balaban J connectivity index is 2.12. The number of hydrogen-bond donors (Lipinski definition) is 0. The number of ether oxygens (including phenoxy) is 3. The van der Waals surface area contributed by atoms with Gasteiger partial charge in [-0.1, -0.05) is 39.0 Å². The molecule has 0 N–H and O–H groups in total. The first kappa shape index (κ1) is 21.8. The molecule has 160 valence electrons. The van der Waals surface area contributed by atoms with Crippen LogP contribution >= 0.6 is 0 Å². The number of rotatable bonds is 4. The summed E-state index contributed by atoms with van der Waals surface area (Å²) in [6, 6.07) is 7.23. The molecule has 0 bridgehead atoms. The van der Waals surface area contributed by atoms with Crippen LogP contribution in [0.3, 0.4) is 0 Å². The van der Waals surface area contributed by atoms with Crippen LogP contribution in [-0.4, -0.2) is 39.2 Å². The maximum Gasteiger partial charge on any atom is 0.337 e. The van der Waals surface area contributed by atoms with Crippen molar-refractivity contribution in [3.05, 3.63) is 52.6 Å². The van der Waals surface area contributed by atoms with Crippen molar-refractivity contribution in [3.63, 3.8) is 0 Å². The molecule has 0 saturated heterocycles. The number of hydrogen-bond acceptors (Lipinski definition) is 6. The smallest absolute Gasteiger partial charge is 0.337 e. The summed E-state index contributed by atoms with van der Waals surface area (Å²) >= 11 is 0. The van der Waals surface area contributed by atoms with E-state index in [0.29, 0.717) is 5.56 Å². The molecule has 0 aromatic heterocycles. The molecule has 2 aliphatic carbocycles. The molecule has 0 radical (unpaired) electrons. The van der Waals surface area contributed by atoms with Gasteiger partial charge in [0.1, 0.15) is 0 Å². The Morgan fingerprint density at radius 1 is 0.933 bits per heavy atom. The van der Waals surface area contributed by atoms with Crippen molar-refractivity contribution >= 4 is 23.5 Å². The third kappa shape index (κ3) is 3.34. The Kier molecular flexibility index (Phi) is 5.63. The fraction of sp³-hybridized carbons (Fsp3) is 0.458. The molecular formula is C24H28O6. The molecule has 2 aliphatic rings. The van der Waals surface area contributed by atoms with E-state index < -0.39 is 23.3 Å². The zero-order valence-electron chi connectivity index (χ0n) is 18.3. The van der Waals surface area contributed by atoms with Crippen LogP contribution in [0.1, 0.15) is 49.5 Å². The highest BCUT2D eigenvalue weighted by molar-refractivity contribution is 6.02. The van der Waals surface area contributed by atoms with Gasteiger partial charge in [0.25, 0.3) is 0 Å². The average molecular weight is 412 g/mol. The summed E-state index contributed by atoms with van der Waals surface area (Å²) in [7, 11) is 3.92. The molecule has 1 aromatic rings. The van der Waals surface area contributed by atoms with Crippen LogP contribution in [0.25, 0.3) is 5.57 Å². The molecule has 6 heteroatoms. The van der Waals surface area contributed by atoms with Gasteiger partial charge in [-0.2, -0.15) is 0 Å². The maximum atomic E-state index is 12.6. The Hall–Kier alpha value is -2.89. The summed E-state index contributed by atoms with van der Waals surface area (Å²) in [6.07, 6.45) is 2.47. The van der Waals surface area contributed by atoms with Crippen molar-refractivity contribution < 1.29 is 28.6 Å². The molecule has 1 unspecified atom stereocenters. The number of allylic oxidation sites excluding steroid dienone is 4. The lowest BCUT2D eigenvalue weighted by Gasteiger charge is -2.49. The molecule has 0 amide bonds. The fourth-order valence-corrected chi connectivity index (χ4v) is 4.61. The van der Waals surface area contributed by atoms with Crippen LogP contribution in [0.4, 0.5) is 0 Å². The van der Waals surface area contributed by atoms with Gasteiger partial charge in [-0.05, 0) is 46.3 Å². The first-order valence-electron chi connectivity index (χ1n) is 9.89. The number of methoxy groups -OCH3 is 3. The highest BCUT2D eigenvalue weighted by atomic mass is 16.5. The maximum absolute atomic E-state index is 12.6. The van der Waals surface area contributed by atoms with Gasteiger partial charge in [-0.25, -0.2) is 4.79 Å². The molecule has 0 aliphatic heterocycles. The molecule has 3 rings (SSSR count). The van der Waals surface area contributed by atoms with E-state index in [4.69, 9.17) is 14.2 Å². The van der Waals surface area contributed by atoms with E-state index in [2.05, 4.69) is 20.8 Å². The van der Waals surface area contributed by atoms with Gasteiger partial charge in [0, 0.05) is 12.3 Å². The molecule has 30 heavy (non-hydrogen) atoms. The Morgan fingerprint density at radius 2 is 1.50 bits per heavy atom. The van der Waals surface area contributed by atoms with Gasteiger partial charge in [0.05, 0.1) is 26.9 Å². The minimum absolute atomic E-state index is 0.0534. The minimum Gasteiger partial charge on any atom is -0.468 e. The van der Waals surface area contributed by atoms with Crippen molar-refractivity contribution in [1.82, 2.24) is 0 Å². The standard InChI is InChI=1S/C24H28O6/c1-23(2,3)19-16-11-12-24(21(26)29-5,22(27)30-6)13-17(16)18(19)14-7-9-15(10-8-14)20(25)28-4/h7-11,19H,12-13H2,1-6H3. The van der Waals surface area contributed by atoms with Gasteiger partial charge in [0.15, 0.2) is 5.41 Å². The van der Waals surface area contributed by atoms with Crippen molar-refractivity contribution in [2.45, 2.75) is 33.6 Å². The fourth-order valence-electron chi connectivity index (χ4n) is 4.61. The Morgan fingerprint density at radius 3 is 1.97 bits per heavy atom. The summed E-state index contributed by atoms with van der Waals surface area (Å²) in [5.41, 5.74) is 3.23. The SMILES string of the molecule is COC(=O)c1ccc(C2=C3CC(C(=O)OC)(C(=O)OC)CC=C3C2C(C)(C)C)cc1. The summed E-state index contributed by atoms with van der Waals surface area (Å²) in [4.78, 5) is 37.0. The van der Waals surface area contributed by atoms with Gasteiger partial charge in [-0.15, -0.1) is 0 Å². The second kappa shape index (κ2) is 7.74. The summed E-state index contributed by atoms with van der Waals surface area (Å²) < 4.78 is 14.7. The topological polar surface area (TPSA) is 78.9 Å². The second-order valence-electron chi connectivity index (χ2n) is 8.87. The average Bonchev–Trinajstić information content (AvgIpc) is 2.72. The molecule has 0 saturated carbocycles. The Bertz CT molecular complexity index is 927. The van der Waals surface area contributed by atoms with E-state index in [0.717, 1.165) is 22.3 Å². The first-order chi connectivity index (χ1) is 14.1. The predicted molar refractivity (Wildman–Crippen MR) is 111 cm³/mol. The molecular weight excluding hydrogens is 384 g/mol. The molecule has 1 atom stereocenters. The van der Waals surface area contributed by atoms with Crippen molar-refractivity contribution in [2.75, 3.05) is 21.3 Å². The Labute approximate surface area is 176 Å². The number of benzene rings is 1. The molecule has 0 fully saturated rings. The van der Waals surface area contributed by atoms with E-state index >= 15 is 0 Å². The van der Waals surface area contributed by atoms with Crippen molar-refractivity contribution in [2.24, 2.45) is 16.7 Å². The molecule has 6 nitrogen and oxygen atoms in total. The van der Waals surface area contributed by atoms with Crippen molar-refractivity contribution in [1.29, 1.82) is 0 Å². The van der Waals surface area contributed by atoms with Gasteiger partial charge in [0.2, 0.25) is 0 Å². The second-order valence-corrected chi connectivity index (χ2v) is 8.87. The van der Waals surface area contributed by atoms with Crippen molar-refractivity contribution in [3.8, 4) is 0 Å². The number of esters is 3. The van der Waals surface area contributed by atoms with Crippen LogP contribution in [-0.2, 0) is 23.8 Å². The molecule has 0 spiro atoms. The number of carbonyl (C=O) groups is 3. The summed E-state index contributed by atoms with van der Waals surface area (Å²) in [6.45, 7) is 6.50. The lowest BCUT2D eigenvalue weighted by Crippen LogP contribution is -2.46. The van der Waals surface area contributed by atoms with E-state index in [1.807, 2.05) is 18.2 Å². The minimum atomic E-state index is -1.37. The number of carbonyl (C=O) groups excluding carboxylic acids is 3. The highest BCUT2D eigenvalue weighted by Crippen LogP contribution is 2.60. The quantitative estimate of drug-likeness (QED) is 0.423. The largest absolute Gasteiger partial charge is 0.468 e. The summed E-state index contributed by atoms with van der Waals surface area (Å²) in [5.74, 6) is -1.41. The van der Waals surface area contributed by atoms with Gasteiger partial charge >= 0.3 is 17.9 Å². The predicted octanol–water partition coefficient (Wildman–Crippen LogP) is 3.96.